The van der Waals surface area contributed by atoms with Crippen molar-refractivity contribution in [3.05, 3.63) is 29.7 Å². The van der Waals surface area contributed by atoms with Gasteiger partial charge in [-0.1, -0.05) is 5.16 Å². The first kappa shape index (κ1) is 14.1. The molecule has 1 fully saturated rings. The molecule has 1 saturated heterocycles. The van der Waals surface area contributed by atoms with Crippen LogP contribution in [0.15, 0.2) is 21.3 Å². The van der Waals surface area contributed by atoms with Gasteiger partial charge in [0.2, 0.25) is 0 Å². The Hall–Kier alpha value is -2.48. The summed E-state index contributed by atoms with van der Waals surface area (Å²) in [6, 6.07) is 2.08. The second-order valence-electron chi connectivity index (χ2n) is 5.80. The summed E-state index contributed by atoms with van der Waals surface area (Å²) >= 11 is 0. The van der Waals surface area contributed by atoms with Gasteiger partial charge in [-0.15, -0.1) is 0 Å². The topological polar surface area (TPSA) is 99.1 Å². The molecule has 4 rings (SSSR count). The molecule has 0 bridgehead atoms. The van der Waals surface area contributed by atoms with Gasteiger partial charge in [0.05, 0.1) is 24.9 Å². The minimum atomic E-state index is 0.121. The first-order valence-corrected chi connectivity index (χ1v) is 7.53. The highest BCUT2D eigenvalue weighted by Gasteiger charge is 2.30. The second-order valence-corrected chi connectivity index (χ2v) is 5.80. The van der Waals surface area contributed by atoms with Gasteiger partial charge < -0.3 is 19.0 Å². The summed E-state index contributed by atoms with van der Waals surface area (Å²) in [5, 5.41) is 7.35. The first-order valence-electron chi connectivity index (χ1n) is 7.53. The van der Waals surface area contributed by atoms with Gasteiger partial charge in [-0.25, -0.2) is 9.97 Å². The number of rotatable bonds is 4. The molecule has 120 valence electrons. The van der Waals surface area contributed by atoms with E-state index in [2.05, 4.69) is 25.4 Å². The lowest BCUT2D eigenvalue weighted by molar-refractivity contribution is 0.183. The van der Waals surface area contributed by atoms with Crippen LogP contribution in [0.2, 0.25) is 0 Å². The molecule has 3 aromatic heterocycles. The van der Waals surface area contributed by atoms with Crippen molar-refractivity contribution in [2.24, 2.45) is 5.92 Å². The van der Waals surface area contributed by atoms with Crippen LogP contribution in [0.5, 0.6) is 0 Å². The highest BCUT2D eigenvalue weighted by atomic mass is 16.5. The van der Waals surface area contributed by atoms with Crippen LogP contribution >= 0.6 is 0 Å². The fourth-order valence-corrected chi connectivity index (χ4v) is 2.87. The molecule has 0 unspecified atom stereocenters. The molecule has 1 aliphatic rings. The van der Waals surface area contributed by atoms with Gasteiger partial charge in [-0.2, -0.15) is 4.98 Å². The Morgan fingerprint density at radius 1 is 1.26 bits per heavy atom. The van der Waals surface area contributed by atoms with E-state index in [0.29, 0.717) is 36.2 Å². The SMILES string of the molecule is Cc1cc(C[C@@H]2COC[C@@H]2Nc2ncnc3oc(C)nc23)on1. The number of fused-ring (bicyclic) bond motifs is 1. The molecule has 1 aliphatic heterocycles. The molecule has 0 radical (unpaired) electrons. The van der Waals surface area contributed by atoms with Crippen LogP contribution < -0.4 is 5.32 Å². The molecule has 0 aromatic carbocycles. The van der Waals surface area contributed by atoms with E-state index in [4.69, 9.17) is 13.7 Å². The molecular formula is C15H17N5O3. The van der Waals surface area contributed by atoms with E-state index in [0.717, 1.165) is 17.9 Å². The number of oxazole rings is 1. The Balaban J connectivity index is 1.54. The van der Waals surface area contributed by atoms with E-state index >= 15 is 0 Å². The number of ether oxygens (including phenoxy) is 1. The smallest absolute Gasteiger partial charge is 0.252 e. The molecule has 4 heterocycles. The molecule has 0 amide bonds. The maximum atomic E-state index is 5.63. The van der Waals surface area contributed by atoms with E-state index < -0.39 is 0 Å². The molecular weight excluding hydrogens is 298 g/mol. The van der Waals surface area contributed by atoms with Crippen molar-refractivity contribution in [3.8, 4) is 0 Å². The molecule has 8 heteroatoms. The minimum absolute atomic E-state index is 0.121. The molecule has 0 aliphatic carbocycles. The summed E-state index contributed by atoms with van der Waals surface area (Å²) in [7, 11) is 0. The zero-order valence-electron chi connectivity index (χ0n) is 12.9. The van der Waals surface area contributed by atoms with Crippen molar-refractivity contribution in [2.45, 2.75) is 26.3 Å². The Morgan fingerprint density at radius 3 is 3.00 bits per heavy atom. The Bertz CT molecular complexity index is 827. The number of anilines is 1. The number of nitrogens with one attached hydrogen (secondary N) is 1. The fraction of sp³-hybridized carbons (Fsp3) is 0.467. The Kier molecular flexibility index (Phi) is 3.45. The molecule has 8 nitrogen and oxygen atoms in total. The van der Waals surface area contributed by atoms with Crippen LogP contribution in [0.3, 0.4) is 0 Å². The van der Waals surface area contributed by atoms with Crippen LogP contribution in [0.4, 0.5) is 5.82 Å². The Labute approximate surface area is 132 Å². The summed E-state index contributed by atoms with van der Waals surface area (Å²) in [5.41, 5.74) is 2.02. The lowest BCUT2D eigenvalue weighted by Gasteiger charge is -2.18. The van der Waals surface area contributed by atoms with E-state index in [1.807, 2.05) is 13.0 Å². The third-order valence-electron chi connectivity index (χ3n) is 3.96. The summed E-state index contributed by atoms with van der Waals surface area (Å²) in [6.07, 6.45) is 2.24. The van der Waals surface area contributed by atoms with Crippen molar-refractivity contribution < 1.29 is 13.7 Å². The summed E-state index contributed by atoms with van der Waals surface area (Å²) in [4.78, 5) is 12.7. The highest BCUT2D eigenvalue weighted by Crippen LogP contribution is 2.25. The third kappa shape index (κ3) is 2.77. The number of hydrogen-bond donors (Lipinski definition) is 1. The maximum absolute atomic E-state index is 5.63. The van der Waals surface area contributed by atoms with Crippen molar-refractivity contribution in [1.82, 2.24) is 20.1 Å². The summed E-state index contributed by atoms with van der Waals surface area (Å²) < 4.78 is 16.4. The number of hydrogen-bond acceptors (Lipinski definition) is 8. The number of aromatic nitrogens is 4. The Morgan fingerprint density at radius 2 is 2.17 bits per heavy atom. The van der Waals surface area contributed by atoms with Crippen molar-refractivity contribution in [3.63, 3.8) is 0 Å². The zero-order chi connectivity index (χ0) is 15.8. The molecule has 1 N–H and O–H groups in total. The van der Waals surface area contributed by atoms with Gasteiger partial charge in [0, 0.05) is 25.3 Å². The van der Waals surface area contributed by atoms with Crippen LogP contribution in [0, 0.1) is 19.8 Å². The minimum Gasteiger partial charge on any atom is -0.422 e. The largest absolute Gasteiger partial charge is 0.422 e. The summed E-state index contributed by atoms with van der Waals surface area (Å²) in [6.45, 7) is 4.99. The first-order chi connectivity index (χ1) is 11.2. The van der Waals surface area contributed by atoms with Gasteiger partial charge in [0.25, 0.3) is 5.71 Å². The lowest BCUT2D eigenvalue weighted by atomic mass is 9.98. The number of aryl methyl sites for hydroxylation is 2. The predicted molar refractivity (Wildman–Crippen MR) is 81.0 cm³/mol. The van der Waals surface area contributed by atoms with Crippen molar-refractivity contribution >= 4 is 17.0 Å². The average molecular weight is 315 g/mol. The molecule has 2 atom stereocenters. The quantitative estimate of drug-likeness (QED) is 0.779. The molecule has 23 heavy (non-hydrogen) atoms. The second kappa shape index (κ2) is 5.62. The van der Waals surface area contributed by atoms with Gasteiger partial charge >= 0.3 is 0 Å². The van der Waals surface area contributed by atoms with E-state index in [-0.39, 0.29) is 12.0 Å². The van der Waals surface area contributed by atoms with Gasteiger partial charge in [0.15, 0.2) is 17.2 Å². The molecule has 0 saturated carbocycles. The normalized spacial score (nSPS) is 21.1. The van der Waals surface area contributed by atoms with Gasteiger partial charge in [-0.05, 0) is 6.92 Å². The summed E-state index contributed by atoms with van der Waals surface area (Å²) in [5.74, 6) is 2.39. The van der Waals surface area contributed by atoms with E-state index in [1.54, 1.807) is 6.92 Å². The van der Waals surface area contributed by atoms with Crippen LogP contribution in [-0.4, -0.2) is 39.4 Å². The predicted octanol–water partition coefficient (Wildman–Crippen LogP) is 1.89. The average Bonchev–Trinajstić information content (AvgIpc) is 3.21. The standard InChI is InChI=1S/C15H17N5O3/c1-8-3-11(23-20-8)4-10-5-21-6-12(10)19-14-13-15(17-7-16-14)22-9(2)18-13/h3,7,10,12H,4-6H2,1-2H3,(H,16,17,19)/t10-,12+/m1/s1. The monoisotopic (exact) mass is 315 g/mol. The zero-order valence-corrected chi connectivity index (χ0v) is 12.9. The fourth-order valence-electron chi connectivity index (χ4n) is 2.87. The molecule has 3 aromatic rings. The number of nitrogens with zero attached hydrogens (tertiary/aromatic N) is 4. The maximum Gasteiger partial charge on any atom is 0.252 e. The highest BCUT2D eigenvalue weighted by molar-refractivity contribution is 5.81. The molecule has 0 spiro atoms. The van der Waals surface area contributed by atoms with E-state index in [9.17, 15) is 0 Å². The van der Waals surface area contributed by atoms with Crippen LogP contribution in [0.1, 0.15) is 17.3 Å². The van der Waals surface area contributed by atoms with Crippen LogP contribution in [0.25, 0.3) is 11.2 Å². The lowest BCUT2D eigenvalue weighted by Crippen LogP contribution is -2.29. The van der Waals surface area contributed by atoms with Gasteiger partial charge in [0.1, 0.15) is 12.1 Å². The van der Waals surface area contributed by atoms with Crippen molar-refractivity contribution in [2.75, 3.05) is 18.5 Å². The van der Waals surface area contributed by atoms with Gasteiger partial charge in [-0.3, -0.25) is 0 Å². The van der Waals surface area contributed by atoms with E-state index in [1.165, 1.54) is 6.33 Å². The third-order valence-corrected chi connectivity index (χ3v) is 3.96. The van der Waals surface area contributed by atoms with Crippen molar-refractivity contribution in [1.29, 1.82) is 0 Å². The van der Waals surface area contributed by atoms with Crippen LogP contribution in [-0.2, 0) is 11.2 Å².